The number of esters is 1. The normalized spacial score (nSPS) is 15.1. The van der Waals surface area contributed by atoms with Crippen molar-refractivity contribution >= 4 is 28.6 Å². The number of ether oxygens (including phenoxy) is 2. The molecule has 1 heterocycles. The van der Waals surface area contributed by atoms with E-state index in [2.05, 4.69) is 31.2 Å². The molecular formula is C24H20O3. The lowest BCUT2D eigenvalue weighted by molar-refractivity contribution is -0.130. The Morgan fingerprint density at radius 1 is 0.963 bits per heavy atom. The molecule has 3 aromatic rings. The van der Waals surface area contributed by atoms with E-state index in [1.54, 1.807) is 6.08 Å². The maximum Gasteiger partial charge on any atom is 0.343 e. The first-order valence-electron chi connectivity index (χ1n) is 9.01. The van der Waals surface area contributed by atoms with Gasteiger partial charge in [-0.3, -0.25) is 0 Å². The Labute approximate surface area is 158 Å². The highest BCUT2D eigenvalue weighted by atomic mass is 16.5. The molecule has 3 heteroatoms. The van der Waals surface area contributed by atoms with Gasteiger partial charge in [0.1, 0.15) is 11.5 Å². The molecule has 0 bridgehead atoms. The van der Waals surface area contributed by atoms with Gasteiger partial charge in [-0.25, -0.2) is 4.79 Å². The third-order valence-corrected chi connectivity index (χ3v) is 4.52. The smallest absolute Gasteiger partial charge is 0.343 e. The van der Waals surface area contributed by atoms with Crippen LogP contribution in [-0.2, 0) is 9.53 Å². The predicted octanol–water partition coefficient (Wildman–Crippen LogP) is 5.53. The van der Waals surface area contributed by atoms with Crippen molar-refractivity contribution in [3.05, 3.63) is 89.0 Å². The van der Waals surface area contributed by atoms with Crippen molar-refractivity contribution in [1.82, 2.24) is 0 Å². The Balaban J connectivity index is 1.63. The molecule has 27 heavy (non-hydrogen) atoms. The second-order valence-electron chi connectivity index (χ2n) is 6.57. The minimum atomic E-state index is -0.331. The topological polar surface area (TPSA) is 35.5 Å². The predicted molar refractivity (Wildman–Crippen MR) is 108 cm³/mol. The molecule has 0 aliphatic carbocycles. The first kappa shape index (κ1) is 17.1. The molecule has 134 valence electrons. The molecule has 0 atom stereocenters. The van der Waals surface area contributed by atoms with E-state index in [9.17, 15) is 4.79 Å². The molecule has 1 aliphatic rings. The van der Waals surface area contributed by atoms with Gasteiger partial charge < -0.3 is 9.47 Å². The van der Waals surface area contributed by atoms with E-state index in [1.165, 1.54) is 10.9 Å². The number of hydrogen-bond donors (Lipinski definition) is 0. The van der Waals surface area contributed by atoms with Gasteiger partial charge in [0.15, 0.2) is 0 Å². The molecule has 0 aromatic heterocycles. The number of fused-ring (bicyclic) bond motifs is 1. The van der Waals surface area contributed by atoms with Crippen LogP contribution in [0.15, 0.2) is 72.3 Å². The molecule has 0 fully saturated rings. The zero-order valence-corrected chi connectivity index (χ0v) is 15.4. The second-order valence-corrected chi connectivity index (χ2v) is 6.57. The molecule has 0 spiro atoms. The minimum absolute atomic E-state index is 0.331. The van der Waals surface area contributed by atoms with Crippen molar-refractivity contribution in [2.24, 2.45) is 0 Å². The fourth-order valence-electron chi connectivity index (χ4n) is 3.16. The third kappa shape index (κ3) is 3.63. The monoisotopic (exact) mass is 356 g/mol. The summed E-state index contributed by atoms with van der Waals surface area (Å²) in [6.07, 6.45) is 3.63. The standard InChI is InChI=1S/C24H20O3/c1-3-26-22-10-5-17(6-11-22)13-21-15-23(27-24(21)25)20-9-8-18-12-16(2)4-7-19(18)14-20/h4-15H,3H2,1-2H3/b21-13-. The first-order chi connectivity index (χ1) is 13.1. The lowest BCUT2D eigenvalue weighted by Gasteiger charge is -2.05. The Bertz CT molecular complexity index is 1070. The molecule has 4 rings (SSSR count). The van der Waals surface area contributed by atoms with Crippen LogP contribution in [-0.4, -0.2) is 12.6 Å². The van der Waals surface area contributed by atoms with Gasteiger partial charge >= 0.3 is 5.97 Å². The number of carbonyl (C=O) groups is 1. The van der Waals surface area contributed by atoms with Crippen LogP contribution in [0.3, 0.4) is 0 Å². The van der Waals surface area contributed by atoms with Gasteiger partial charge in [0.25, 0.3) is 0 Å². The Kier molecular flexibility index (Phi) is 4.51. The minimum Gasteiger partial charge on any atom is -0.494 e. The number of rotatable bonds is 4. The van der Waals surface area contributed by atoms with Gasteiger partial charge in [-0.15, -0.1) is 0 Å². The van der Waals surface area contributed by atoms with E-state index in [1.807, 2.05) is 49.4 Å². The highest BCUT2D eigenvalue weighted by Crippen LogP contribution is 2.30. The summed E-state index contributed by atoms with van der Waals surface area (Å²) in [6, 6.07) is 20.0. The molecule has 0 radical (unpaired) electrons. The number of carbonyl (C=O) groups excluding carboxylic acids is 1. The molecule has 0 saturated heterocycles. The number of aryl methyl sites for hydroxylation is 1. The molecule has 1 aliphatic heterocycles. The van der Waals surface area contributed by atoms with Crippen molar-refractivity contribution in [3.8, 4) is 5.75 Å². The Morgan fingerprint density at radius 3 is 2.48 bits per heavy atom. The van der Waals surface area contributed by atoms with E-state index >= 15 is 0 Å². The van der Waals surface area contributed by atoms with Crippen LogP contribution in [0, 0.1) is 6.92 Å². The molecule has 0 unspecified atom stereocenters. The summed E-state index contributed by atoms with van der Waals surface area (Å²) in [7, 11) is 0. The second kappa shape index (κ2) is 7.12. The van der Waals surface area contributed by atoms with E-state index < -0.39 is 0 Å². The van der Waals surface area contributed by atoms with Crippen molar-refractivity contribution in [3.63, 3.8) is 0 Å². The summed E-state index contributed by atoms with van der Waals surface area (Å²) in [6.45, 7) is 4.65. The van der Waals surface area contributed by atoms with E-state index in [4.69, 9.17) is 9.47 Å². The van der Waals surface area contributed by atoms with Crippen LogP contribution in [0.1, 0.15) is 23.6 Å². The van der Waals surface area contributed by atoms with Crippen LogP contribution >= 0.6 is 0 Å². The van der Waals surface area contributed by atoms with Gasteiger partial charge in [0.05, 0.1) is 12.2 Å². The molecule has 0 saturated carbocycles. The van der Waals surface area contributed by atoms with Gasteiger partial charge in [-0.1, -0.05) is 48.0 Å². The third-order valence-electron chi connectivity index (χ3n) is 4.52. The summed E-state index contributed by atoms with van der Waals surface area (Å²) < 4.78 is 10.9. The molecule has 3 aromatic carbocycles. The Hall–Kier alpha value is -3.33. The summed E-state index contributed by atoms with van der Waals surface area (Å²) in [4.78, 5) is 12.3. The quantitative estimate of drug-likeness (QED) is 0.455. The van der Waals surface area contributed by atoms with Crippen molar-refractivity contribution in [1.29, 1.82) is 0 Å². The van der Waals surface area contributed by atoms with Gasteiger partial charge in [-0.05, 0) is 60.5 Å². The lowest BCUT2D eigenvalue weighted by atomic mass is 10.0. The molecular weight excluding hydrogens is 336 g/mol. The number of benzene rings is 3. The number of cyclic esters (lactones) is 1. The Morgan fingerprint density at radius 2 is 1.70 bits per heavy atom. The average molecular weight is 356 g/mol. The average Bonchev–Trinajstić information content (AvgIpc) is 3.03. The largest absolute Gasteiger partial charge is 0.494 e. The zero-order chi connectivity index (χ0) is 18.8. The van der Waals surface area contributed by atoms with E-state index in [-0.39, 0.29) is 5.97 Å². The van der Waals surface area contributed by atoms with Crippen LogP contribution < -0.4 is 4.74 Å². The van der Waals surface area contributed by atoms with Crippen LogP contribution in [0.2, 0.25) is 0 Å². The van der Waals surface area contributed by atoms with E-state index in [0.717, 1.165) is 22.3 Å². The van der Waals surface area contributed by atoms with Gasteiger partial charge in [0, 0.05) is 5.56 Å². The number of hydrogen-bond acceptors (Lipinski definition) is 3. The SMILES string of the molecule is CCOc1ccc(/C=C2/C=C(c3ccc4cc(C)ccc4c3)OC2=O)cc1. The van der Waals surface area contributed by atoms with Crippen LogP contribution in [0.25, 0.3) is 22.6 Å². The maximum absolute atomic E-state index is 12.3. The fourth-order valence-corrected chi connectivity index (χ4v) is 3.16. The summed E-state index contributed by atoms with van der Waals surface area (Å²) in [5, 5.41) is 2.30. The molecule has 0 amide bonds. The fraction of sp³-hybridized carbons (Fsp3) is 0.125. The molecule has 3 nitrogen and oxygen atoms in total. The van der Waals surface area contributed by atoms with Crippen molar-refractivity contribution < 1.29 is 14.3 Å². The van der Waals surface area contributed by atoms with Crippen LogP contribution in [0.5, 0.6) is 5.75 Å². The highest BCUT2D eigenvalue weighted by molar-refractivity contribution is 6.05. The van der Waals surface area contributed by atoms with E-state index in [0.29, 0.717) is 17.9 Å². The van der Waals surface area contributed by atoms with Crippen molar-refractivity contribution in [2.45, 2.75) is 13.8 Å². The van der Waals surface area contributed by atoms with Gasteiger partial charge in [0.2, 0.25) is 0 Å². The van der Waals surface area contributed by atoms with Crippen LogP contribution in [0.4, 0.5) is 0 Å². The summed E-state index contributed by atoms with van der Waals surface area (Å²) in [5.41, 5.74) is 3.59. The van der Waals surface area contributed by atoms with Gasteiger partial charge in [-0.2, -0.15) is 0 Å². The molecule has 0 N–H and O–H groups in total. The highest BCUT2D eigenvalue weighted by Gasteiger charge is 2.22. The lowest BCUT2D eigenvalue weighted by Crippen LogP contribution is -1.97. The summed E-state index contributed by atoms with van der Waals surface area (Å²) in [5.74, 6) is 1.07. The first-order valence-corrected chi connectivity index (χ1v) is 9.01. The zero-order valence-electron chi connectivity index (χ0n) is 15.4. The summed E-state index contributed by atoms with van der Waals surface area (Å²) >= 11 is 0. The maximum atomic E-state index is 12.3. The van der Waals surface area contributed by atoms with Crippen molar-refractivity contribution in [2.75, 3.05) is 6.61 Å².